The first kappa shape index (κ1) is 17.0. The first-order valence-corrected chi connectivity index (χ1v) is 8.79. The van der Waals surface area contributed by atoms with Gasteiger partial charge in [0.1, 0.15) is 12.4 Å². The summed E-state index contributed by atoms with van der Waals surface area (Å²) >= 11 is 3.47. The second-order valence-electron chi connectivity index (χ2n) is 5.88. The summed E-state index contributed by atoms with van der Waals surface area (Å²) in [5.41, 5.74) is 1.72. The van der Waals surface area contributed by atoms with Gasteiger partial charge < -0.3 is 14.4 Å². The molecule has 1 atom stereocenters. The van der Waals surface area contributed by atoms with Crippen molar-refractivity contribution < 1.29 is 14.3 Å². The third-order valence-corrected chi connectivity index (χ3v) is 4.35. The monoisotopic (exact) mass is 389 g/mol. The van der Waals surface area contributed by atoms with Crippen LogP contribution in [0.3, 0.4) is 0 Å². The smallest absolute Gasteiger partial charge is 0.254 e. The normalized spacial score (nSPS) is 17.6. The molecule has 5 heteroatoms. The molecule has 1 saturated heterocycles. The third kappa shape index (κ3) is 4.36. The first-order chi connectivity index (χ1) is 11.6. The zero-order chi connectivity index (χ0) is 16.9. The average molecular weight is 390 g/mol. The molecule has 1 fully saturated rings. The average Bonchev–Trinajstić information content (AvgIpc) is 2.60. The van der Waals surface area contributed by atoms with Gasteiger partial charge in [-0.1, -0.05) is 46.3 Å². The summed E-state index contributed by atoms with van der Waals surface area (Å²) in [6, 6.07) is 15.5. The zero-order valence-corrected chi connectivity index (χ0v) is 15.2. The second kappa shape index (κ2) is 7.81. The summed E-state index contributed by atoms with van der Waals surface area (Å²) in [6.07, 6.45) is 0.0728. The lowest BCUT2D eigenvalue weighted by atomic mass is 10.1. The SMILES string of the molecule is C[C@@H]1CN(C(=O)c2cc(Br)cc(OCc3ccccc3)c2)CCO1. The molecule has 0 aliphatic carbocycles. The first-order valence-electron chi connectivity index (χ1n) is 8.00. The Kier molecular flexibility index (Phi) is 5.53. The maximum Gasteiger partial charge on any atom is 0.254 e. The van der Waals surface area contributed by atoms with E-state index in [4.69, 9.17) is 9.47 Å². The van der Waals surface area contributed by atoms with Crippen molar-refractivity contribution in [3.05, 3.63) is 64.1 Å². The molecule has 1 aliphatic rings. The van der Waals surface area contributed by atoms with Gasteiger partial charge in [0.05, 0.1) is 12.7 Å². The van der Waals surface area contributed by atoms with E-state index in [1.54, 1.807) is 6.07 Å². The van der Waals surface area contributed by atoms with Crippen molar-refractivity contribution in [3.8, 4) is 5.75 Å². The van der Waals surface area contributed by atoms with E-state index in [1.165, 1.54) is 0 Å². The van der Waals surface area contributed by atoms with Gasteiger partial charge in [0.25, 0.3) is 5.91 Å². The minimum Gasteiger partial charge on any atom is -0.489 e. The van der Waals surface area contributed by atoms with Crippen molar-refractivity contribution in [2.24, 2.45) is 0 Å². The summed E-state index contributed by atoms with van der Waals surface area (Å²) < 4.78 is 12.2. The quantitative estimate of drug-likeness (QED) is 0.795. The van der Waals surface area contributed by atoms with E-state index in [1.807, 2.05) is 54.3 Å². The molecule has 0 radical (unpaired) electrons. The third-order valence-electron chi connectivity index (χ3n) is 3.89. The Morgan fingerprint density at radius 1 is 1.29 bits per heavy atom. The Morgan fingerprint density at radius 2 is 2.08 bits per heavy atom. The van der Waals surface area contributed by atoms with Gasteiger partial charge in [-0.05, 0) is 30.7 Å². The Balaban J connectivity index is 1.72. The van der Waals surface area contributed by atoms with E-state index >= 15 is 0 Å². The Morgan fingerprint density at radius 3 is 2.83 bits per heavy atom. The van der Waals surface area contributed by atoms with Gasteiger partial charge in [-0.15, -0.1) is 0 Å². The lowest BCUT2D eigenvalue weighted by Crippen LogP contribution is -2.44. The maximum absolute atomic E-state index is 12.7. The molecule has 126 valence electrons. The Labute approximate surface area is 150 Å². The summed E-state index contributed by atoms with van der Waals surface area (Å²) in [6.45, 7) is 4.27. The van der Waals surface area contributed by atoms with Gasteiger partial charge in [-0.3, -0.25) is 4.79 Å². The fourth-order valence-electron chi connectivity index (χ4n) is 2.70. The highest BCUT2D eigenvalue weighted by Crippen LogP contribution is 2.24. The van der Waals surface area contributed by atoms with E-state index in [0.717, 1.165) is 10.0 Å². The van der Waals surface area contributed by atoms with Gasteiger partial charge in [0.15, 0.2) is 0 Å². The highest BCUT2D eigenvalue weighted by Gasteiger charge is 2.23. The second-order valence-corrected chi connectivity index (χ2v) is 6.80. The summed E-state index contributed by atoms with van der Waals surface area (Å²) in [4.78, 5) is 14.5. The standard InChI is InChI=1S/C19H20BrNO3/c1-14-12-21(7-8-23-14)19(22)16-9-17(20)11-18(10-16)24-13-15-5-3-2-4-6-15/h2-6,9-11,14H,7-8,12-13H2,1H3/t14-/m1/s1. The number of amides is 1. The highest BCUT2D eigenvalue weighted by molar-refractivity contribution is 9.10. The number of nitrogens with zero attached hydrogens (tertiary/aromatic N) is 1. The molecule has 0 bridgehead atoms. The number of morpholine rings is 1. The zero-order valence-electron chi connectivity index (χ0n) is 13.6. The van der Waals surface area contributed by atoms with Crippen LogP contribution < -0.4 is 4.74 Å². The van der Waals surface area contributed by atoms with Crippen molar-refractivity contribution in [3.63, 3.8) is 0 Å². The van der Waals surface area contributed by atoms with Gasteiger partial charge >= 0.3 is 0 Å². The van der Waals surface area contributed by atoms with Crippen LogP contribution in [0.15, 0.2) is 53.0 Å². The molecular weight excluding hydrogens is 370 g/mol. The predicted octanol–water partition coefficient (Wildman–Crippen LogP) is 3.89. The lowest BCUT2D eigenvalue weighted by Gasteiger charge is -2.31. The molecule has 1 aliphatic heterocycles. The van der Waals surface area contributed by atoms with E-state index in [-0.39, 0.29) is 12.0 Å². The van der Waals surface area contributed by atoms with Crippen LogP contribution >= 0.6 is 15.9 Å². The number of carbonyl (C=O) groups is 1. The largest absolute Gasteiger partial charge is 0.489 e. The number of hydrogen-bond acceptors (Lipinski definition) is 3. The van der Waals surface area contributed by atoms with E-state index in [9.17, 15) is 4.79 Å². The molecule has 3 rings (SSSR count). The summed E-state index contributed by atoms with van der Waals surface area (Å²) in [7, 11) is 0. The van der Waals surface area contributed by atoms with Crippen LogP contribution in [0, 0.1) is 0 Å². The van der Waals surface area contributed by atoms with Crippen LogP contribution in [-0.4, -0.2) is 36.6 Å². The van der Waals surface area contributed by atoms with E-state index in [2.05, 4.69) is 15.9 Å². The maximum atomic E-state index is 12.7. The fourth-order valence-corrected chi connectivity index (χ4v) is 3.17. The molecule has 2 aromatic rings. The number of benzene rings is 2. The van der Waals surface area contributed by atoms with E-state index in [0.29, 0.717) is 37.6 Å². The van der Waals surface area contributed by atoms with Crippen molar-refractivity contribution >= 4 is 21.8 Å². The van der Waals surface area contributed by atoms with E-state index < -0.39 is 0 Å². The van der Waals surface area contributed by atoms with Crippen LogP contribution in [0.2, 0.25) is 0 Å². The summed E-state index contributed by atoms with van der Waals surface area (Å²) in [5, 5.41) is 0. The number of carbonyl (C=O) groups excluding carboxylic acids is 1. The number of hydrogen-bond donors (Lipinski definition) is 0. The molecule has 4 nitrogen and oxygen atoms in total. The number of rotatable bonds is 4. The molecule has 1 heterocycles. The van der Waals surface area contributed by atoms with Crippen LogP contribution in [0.5, 0.6) is 5.75 Å². The fraction of sp³-hybridized carbons (Fsp3) is 0.316. The minimum atomic E-state index is 0.0102. The van der Waals surface area contributed by atoms with Crippen molar-refractivity contribution in [1.29, 1.82) is 0 Å². The van der Waals surface area contributed by atoms with Crippen molar-refractivity contribution in [2.75, 3.05) is 19.7 Å². The molecule has 0 saturated carbocycles. The molecular formula is C19H20BrNO3. The molecule has 0 spiro atoms. The molecule has 0 unspecified atom stereocenters. The highest BCUT2D eigenvalue weighted by atomic mass is 79.9. The number of halogens is 1. The van der Waals surface area contributed by atoms with Gasteiger partial charge in [-0.2, -0.15) is 0 Å². The van der Waals surface area contributed by atoms with Gasteiger partial charge in [0, 0.05) is 23.1 Å². The predicted molar refractivity (Wildman–Crippen MR) is 96.2 cm³/mol. The van der Waals surface area contributed by atoms with Gasteiger partial charge in [-0.25, -0.2) is 0 Å². The summed E-state index contributed by atoms with van der Waals surface area (Å²) in [5.74, 6) is 0.689. The Bertz CT molecular complexity index is 705. The lowest BCUT2D eigenvalue weighted by molar-refractivity contribution is -0.0124. The van der Waals surface area contributed by atoms with Crippen molar-refractivity contribution in [2.45, 2.75) is 19.6 Å². The van der Waals surface area contributed by atoms with Crippen molar-refractivity contribution in [1.82, 2.24) is 4.90 Å². The van der Waals surface area contributed by atoms with Gasteiger partial charge in [0.2, 0.25) is 0 Å². The Hall–Kier alpha value is -1.85. The van der Waals surface area contributed by atoms with Crippen LogP contribution in [-0.2, 0) is 11.3 Å². The molecule has 0 N–H and O–H groups in total. The molecule has 24 heavy (non-hydrogen) atoms. The van der Waals surface area contributed by atoms with Crippen LogP contribution in [0.1, 0.15) is 22.8 Å². The molecule has 1 amide bonds. The molecule has 0 aromatic heterocycles. The van der Waals surface area contributed by atoms with Crippen LogP contribution in [0.25, 0.3) is 0 Å². The minimum absolute atomic E-state index is 0.0102. The molecule has 2 aromatic carbocycles. The van der Waals surface area contributed by atoms with Crippen LogP contribution in [0.4, 0.5) is 0 Å². The topological polar surface area (TPSA) is 38.8 Å². The number of ether oxygens (including phenoxy) is 2.